The van der Waals surface area contributed by atoms with Gasteiger partial charge in [-0.15, -0.1) is 6.58 Å². The molecule has 0 bridgehead atoms. The maximum absolute atomic E-state index is 11.4. The molecule has 0 aliphatic rings. The van der Waals surface area contributed by atoms with Crippen molar-refractivity contribution >= 4 is 29.2 Å². The Balaban J connectivity index is 3.17. The average molecular weight is 274 g/mol. The summed E-state index contributed by atoms with van der Waals surface area (Å²) in [6.45, 7) is 5.49. The monoisotopic (exact) mass is 273 g/mol. The van der Waals surface area contributed by atoms with Crippen LogP contribution in [-0.2, 0) is 10.3 Å². The molecule has 92 valence electrons. The normalized spacial score (nSPS) is 14.1. The number of carbonyl (C=O) groups is 1. The second kappa shape index (κ2) is 5.54. The maximum Gasteiger partial charge on any atom is 0.328 e. The van der Waals surface area contributed by atoms with Crippen LogP contribution in [0.2, 0.25) is 10.0 Å². The van der Waals surface area contributed by atoms with Gasteiger partial charge in [0, 0.05) is 6.54 Å². The van der Waals surface area contributed by atoms with Gasteiger partial charge in [0.05, 0.1) is 10.0 Å². The first-order valence-corrected chi connectivity index (χ1v) is 5.72. The van der Waals surface area contributed by atoms with Crippen LogP contribution in [0.25, 0.3) is 0 Å². The van der Waals surface area contributed by atoms with E-state index in [2.05, 4.69) is 11.9 Å². The van der Waals surface area contributed by atoms with Crippen molar-refractivity contribution in [2.45, 2.75) is 12.5 Å². The molecule has 2 N–H and O–H groups in total. The zero-order valence-electron chi connectivity index (χ0n) is 9.34. The second-order valence-electron chi connectivity index (χ2n) is 3.73. The molecule has 0 spiro atoms. The van der Waals surface area contributed by atoms with Crippen molar-refractivity contribution < 1.29 is 9.90 Å². The fourth-order valence-electron chi connectivity index (χ4n) is 1.38. The van der Waals surface area contributed by atoms with E-state index < -0.39 is 11.5 Å². The quantitative estimate of drug-likeness (QED) is 0.811. The Labute approximate surface area is 110 Å². The minimum Gasteiger partial charge on any atom is -0.480 e. The van der Waals surface area contributed by atoms with Gasteiger partial charge in [0.1, 0.15) is 5.54 Å². The van der Waals surface area contributed by atoms with Crippen LogP contribution in [0, 0.1) is 0 Å². The number of carboxylic acids is 1. The van der Waals surface area contributed by atoms with Crippen molar-refractivity contribution in [2.24, 2.45) is 0 Å². The number of hydrogen-bond acceptors (Lipinski definition) is 2. The predicted octanol–water partition coefficient (Wildman–Crippen LogP) is 3.07. The zero-order chi connectivity index (χ0) is 13.1. The number of halogens is 2. The van der Waals surface area contributed by atoms with E-state index in [0.717, 1.165) is 0 Å². The molecular formula is C12H13Cl2NO2. The molecule has 1 atom stereocenters. The number of benzene rings is 1. The van der Waals surface area contributed by atoms with Crippen LogP contribution in [0.3, 0.4) is 0 Å². The van der Waals surface area contributed by atoms with Crippen LogP contribution in [0.5, 0.6) is 0 Å². The van der Waals surface area contributed by atoms with Gasteiger partial charge in [-0.1, -0.05) is 35.3 Å². The molecule has 1 unspecified atom stereocenters. The lowest BCUT2D eigenvalue weighted by Gasteiger charge is -2.26. The standard InChI is InChI=1S/C12H13Cl2NO2/c1-3-6-15-12(2,11(16)17)8-4-5-9(13)10(14)7-8/h3-5,7,15H,1,6H2,2H3,(H,16,17). The van der Waals surface area contributed by atoms with Crippen molar-refractivity contribution in [3.63, 3.8) is 0 Å². The van der Waals surface area contributed by atoms with Gasteiger partial charge < -0.3 is 5.11 Å². The van der Waals surface area contributed by atoms with Gasteiger partial charge in [0.25, 0.3) is 0 Å². The van der Waals surface area contributed by atoms with Gasteiger partial charge in [-0.05, 0) is 24.6 Å². The molecule has 0 saturated carbocycles. The van der Waals surface area contributed by atoms with Gasteiger partial charge in [0.2, 0.25) is 0 Å². The Morgan fingerprint density at radius 3 is 2.65 bits per heavy atom. The highest BCUT2D eigenvalue weighted by Gasteiger charge is 2.34. The van der Waals surface area contributed by atoms with Crippen LogP contribution in [-0.4, -0.2) is 17.6 Å². The number of rotatable bonds is 5. The summed E-state index contributed by atoms with van der Waals surface area (Å²) in [5.41, 5.74) is -0.677. The summed E-state index contributed by atoms with van der Waals surface area (Å²) in [4.78, 5) is 11.4. The highest BCUT2D eigenvalue weighted by atomic mass is 35.5. The van der Waals surface area contributed by atoms with Crippen LogP contribution < -0.4 is 5.32 Å². The van der Waals surface area contributed by atoms with Crippen molar-refractivity contribution in [3.8, 4) is 0 Å². The van der Waals surface area contributed by atoms with E-state index in [4.69, 9.17) is 23.2 Å². The van der Waals surface area contributed by atoms with Crippen LogP contribution in [0.15, 0.2) is 30.9 Å². The highest BCUT2D eigenvalue weighted by molar-refractivity contribution is 6.42. The Kier molecular flexibility index (Phi) is 4.57. The van der Waals surface area contributed by atoms with E-state index in [-0.39, 0.29) is 0 Å². The average Bonchev–Trinajstić information content (AvgIpc) is 2.29. The second-order valence-corrected chi connectivity index (χ2v) is 4.54. The van der Waals surface area contributed by atoms with Crippen molar-refractivity contribution in [2.75, 3.05) is 6.54 Å². The van der Waals surface area contributed by atoms with Gasteiger partial charge in [0.15, 0.2) is 0 Å². The third-order valence-corrected chi connectivity index (χ3v) is 3.26. The third kappa shape index (κ3) is 3.00. The van der Waals surface area contributed by atoms with E-state index in [9.17, 15) is 9.90 Å². The fraction of sp³-hybridized carbons (Fsp3) is 0.250. The molecule has 0 aromatic heterocycles. The van der Waals surface area contributed by atoms with Gasteiger partial charge in [-0.25, -0.2) is 4.79 Å². The minimum atomic E-state index is -1.22. The Morgan fingerprint density at radius 1 is 1.53 bits per heavy atom. The Hall–Kier alpha value is -1.03. The van der Waals surface area contributed by atoms with Gasteiger partial charge >= 0.3 is 5.97 Å². The molecule has 0 amide bonds. The van der Waals surface area contributed by atoms with Crippen molar-refractivity contribution in [1.29, 1.82) is 0 Å². The van der Waals surface area contributed by atoms with Crippen molar-refractivity contribution in [1.82, 2.24) is 5.32 Å². The lowest BCUT2D eigenvalue weighted by atomic mass is 9.92. The van der Waals surface area contributed by atoms with E-state index in [1.807, 2.05) is 0 Å². The molecule has 0 aliphatic heterocycles. The fourth-order valence-corrected chi connectivity index (χ4v) is 1.68. The highest BCUT2D eigenvalue weighted by Crippen LogP contribution is 2.28. The molecule has 0 heterocycles. The first kappa shape index (κ1) is 14.0. The predicted molar refractivity (Wildman–Crippen MR) is 69.6 cm³/mol. The number of aliphatic carboxylic acids is 1. The summed E-state index contributed by atoms with van der Waals surface area (Å²) in [5.74, 6) is -0.988. The first-order chi connectivity index (χ1) is 7.91. The number of nitrogens with one attached hydrogen (secondary N) is 1. The largest absolute Gasteiger partial charge is 0.480 e. The smallest absolute Gasteiger partial charge is 0.328 e. The van der Waals surface area contributed by atoms with Gasteiger partial charge in [-0.2, -0.15) is 0 Å². The molecule has 1 aromatic carbocycles. The van der Waals surface area contributed by atoms with Crippen molar-refractivity contribution in [3.05, 3.63) is 46.5 Å². The topological polar surface area (TPSA) is 49.3 Å². The summed E-state index contributed by atoms with van der Waals surface area (Å²) in [6.07, 6.45) is 1.60. The summed E-state index contributed by atoms with van der Waals surface area (Å²) in [5, 5.41) is 12.9. The van der Waals surface area contributed by atoms with Gasteiger partial charge in [-0.3, -0.25) is 5.32 Å². The Morgan fingerprint density at radius 2 is 2.18 bits per heavy atom. The van der Waals surface area contributed by atoms with E-state index in [1.54, 1.807) is 31.2 Å². The summed E-state index contributed by atoms with van der Waals surface area (Å²) < 4.78 is 0. The minimum absolute atomic E-state index is 0.331. The van der Waals surface area contributed by atoms with Crippen LogP contribution >= 0.6 is 23.2 Å². The summed E-state index contributed by atoms with van der Waals surface area (Å²) in [7, 11) is 0. The summed E-state index contributed by atoms with van der Waals surface area (Å²) in [6, 6.07) is 4.77. The molecule has 3 nitrogen and oxygen atoms in total. The zero-order valence-corrected chi connectivity index (χ0v) is 10.8. The Bertz CT molecular complexity index is 448. The molecular weight excluding hydrogens is 261 g/mol. The molecule has 1 rings (SSSR count). The molecule has 0 fully saturated rings. The van der Waals surface area contributed by atoms with E-state index >= 15 is 0 Å². The third-order valence-electron chi connectivity index (χ3n) is 2.52. The number of hydrogen-bond donors (Lipinski definition) is 2. The SMILES string of the molecule is C=CCNC(C)(C(=O)O)c1ccc(Cl)c(Cl)c1. The molecule has 17 heavy (non-hydrogen) atoms. The molecule has 5 heteroatoms. The molecule has 0 aliphatic carbocycles. The van der Waals surface area contributed by atoms with Crippen LogP contribution in [0.1, 0.15) is 12.5 Å². The van der Waals surface area contributed by atoms with Crippen LogP contribution in [0.4, 0.5) is 0 Å². The van der Waals surface area contributed by atoms with E-state index in [1.165, 1.54) is 0 Å². The lowest BCUT2D eigenvalue weighted by Crippen LogP contribution is -2.46. The molecule has 0 saturated heterocycles. The van der Waals surface area contributed by atoms with E-state index in [0.29, 0.717) is 22.2 Å². The molecule has 0 radical (unpaired) electrons. The molecule has 1 aromatic rings. The number of carboxylic acid groups (broad SMARTS) is 1. The maximum atomic E-state index is 11.4. The first-order valence-electron chi connectivity index (χ1n) is 4.96. The summed E-state index contributed by atoms with van der Waals surface area (Å²) >= 11 is 11.7. The lowest BCUT2D eigenvalue weighted by molar-refractivity contribution is -0.144.